The van der Waals surface area contributed by atoms with Crippen LogP contribution in [0.25, 0.3) is 0 Å². The molecular formula is C13H24N2O. The van der Waals surface area contributed by atoms with Crippen molar-refractivity contribution in [1.82, 2.24) is 10.2 Å². The second-order valence-corrected chi connectivity index (χ2v) is 4.83. The molecule has 16 heavy (non-hydrogen) atoms. The summed E-state index contributed by atoms with van der Waals surface area (Å²) in [6.07, 6.45) is 1.15. The highest BCUT2D eigenvalue weighted by atomic mass is 16.3. The smallest absolute Gasteiger partial charge is 0.120 e. The molecule has 2 unspecified atom stereocenters. The quantitative estimate of drug-likeness (QED) is 0.805. The second-order valence-electron chi connectivity index (χ2n) is 4.83. The molecule has 92 valence electrons. The normalized spacial score (nSPS) is 15.4. The van der Waals surface area contributed by atoms with E-state index in [4.69, 9.17) is 4.42 Å². The third kappa shape index (κ3) is 4.37. The van der Waals surface area contributed by atoms with Crippen molar-refractivity contribution < 1.29 is 4.42 Å². The molecule has 0 fully saturated rings. The first-order chi connectivity index (χ1) is 7.49. The lowest BCUT2D eigenvalue weighted by Crippen LogP contribution is -2.31. The number of hydrogen-bond donors (Lipinski definition) is 1. The highest BCUT2D eigenvalue weighted by Crippen LogP contribution is 2.16. The standard InChI is InChI=1S/C13H24N2O/c1-10(8-9-15(4)5)14-12(3)13-7-6-11(2)16-13/h6-7,10,12,14H,8-9H2,1-5H3. The zero-order valence-electron chi connectivity index (χ0n) is 11.1. The summed E-state index contributed by atoms with van der Waals surface area (Å²) in [6.45, 7) is 7.45. The van der Waals surface area contributed by atoms with E-state index in [1.165, 1.54) is 0 Å². The maximum atomic E-state index is 5.60. The van der Waals surface area contributed by atoms with Gasteiger partial charge < -0.3 is 14.6 Å². The van der Waals surface area contributed by atoms with Gasteiger partial charge in [-0.25, -0.2) is 0 Å². The summed E-state index contributed by atoms with van der Waals surface area (Å²) in [7, 11) is 4.21. The summed E-state index contributed by atoms with van der Waals surface area (Å²) in [5.74, 6) is 2.00. The fourth-order valence-corrected chi connectivity index (χ4v) is 1.73. The monoisotopic (exact) mass is 224 g/mol. The molecule has 0 aliphatic carbocycles. The van der Waals surface area contributed by atoms with Gasteiger partial charge in [0.2, 0.25) is 0 Å². The molecule has 0 aliphatic heterocycles. The summed E-state index contributed by atoms with van der Waals surface area (Å²) >= 11 is 0. The number of furan rings is 1. The summed E-state index contributed by atoms with van der Waals surface area (Å²) in [5.41, 5.74) is 0. The Balaban J connectivity index is 2.36. The lowest BCUT2D eigenvalue weighted by Gasteiger charge is -2.20. The zero-order chi connectivity index (χ0) is 12.1. The third-order valence-electron chi connectivity index (χ3n) is 2.73. The maximum Gasteiger partial charge on any atom is 0.120 e. The number of aryl methyl sites for hydroxylation is 1. The maximum absolute atomic E-state index is 5.60. The molecule has 0 amide bonds. The molecule has 1 aromatic heterocycles. The number of nitrogens with zero attached hydrogens (tertiary/aromatic N) is 1. The van der Waals surface area contributed by atoms with Crippen LogP contribution in [0.15, 0.2) is 16.5 Å². The molecule has 1 aromatic rings. The third-order valence-corrected chi connectivity index (χ3v) is 2.73. The van der Waals surface area contributed by atoms with Gasteiger partial charge in [-0.3, -0.25) is 0 Å². The SMILES string of the molecule is Cc1ccc(C(C)NC(C)CCN(C)C)o1. The van der Waals surface area contributed by atoms with E-state index in [1.807, 2.05) is 19.1 Å². The van der Waals surface area contributed by atoms with Crippen molar-refractivity contribution in [3.63, 3.8) is 0 Å². The molecule has 0 aliphatic rings. The molecule has 0 saturated carbocycles. The lowest BCUT2D eigenvalue weighted by molar-refractivity contribution is 0.337. The summed E-state index contributed by atoms with van der Waals surface area (Å²) < 4.78 is 5.60. The van der Waals surface area contributed by atoms with Gasteiger partial charge in [0.1, 0.15) is 11.5 Å². The van der Waals surface area contributed by atoms with E-state index in [2.05, 4.69) is 38.2 Å². The predicted molar refractivity (Wildman–Crippen MR) is 67.6 cm³/mol. The van der Waals surface area contributed by atoms with Gasteiger partial charge in [-0.15, -0.1) is 0 Å². The van der Waals surface area contributed by atoms with Gasteiger partial charge >= 0.3 is 0 Å². The van der Waals surface area contributed by atoms with E-state index in [0.29, 0.717) is 6.04 Å². The minimum absolute atomic E-state index is 0.283. The Kier molecular flexibility index (Phi) is 5.03. The van der Waals surface area contributed by atoms with E-state index in [1.54, 1.807) is 0 Å². The van der Waals surface area contributed by atoms with Gasteiger partial charge in [-0.1, -0.05) is 0 Å². The van der Waals surface area contributed by atoms with E-state index >= 15 is 0 Å². The molecule has 3 nitrogen and oxygen atoms in total. The van der Waals surface area contributed by atoms with Crippen LogP contribution in [0.4, 0.5) is 0 Å². The van der Waals surface area contributed by atoms with Crippen LogP contribution >= 0.6 is 0 Å². The molecular weight excluding hydrogens is 200 g/mol. The van der Waals surface area contributed by atoms with Crippen LogP contribution in [0.2, 0.25) is 0 Å². The average Bonchev–Trinajstić information content (AvgIpc) is 2.62. The van der Waals surface area contributed by atoms with Gasteiger partial charge in [0.25, 0.3) is 0 Å². The predicted octanol–water partition coefficient (Wildman–Crippen LogP) is 2.58. The molecule has 3 heteroatoms. The molecule has 2 atom stereocenters. The minimum atomic E-state index is 0.283. The van der Waals surface area contributed by atoms with Gasteiger partial charge in [0, 0.05) is 6.04 Å². The fraction of sp³-hybridized carbons (Fsp3) is 0.692. The Bertz CT molecular complexity index is 307. The van der Waals surface area contributed by atoms with Crippen molar-refractivity contribution in [1.29, 1.82) is 0 Å². The molecule has 0 aromatic carbocycles. The van der Waals surface area contributed by atoms with Gasteiger partial charge in [0.05, 0.1) is 6.04 Å². The van der Waals surface area contributed by atoms with Crippen molar-refractivity contribution in [3.8, 4) is 0 Å². The highest BCUT2D eigenvalue weighted by Gasteiger charge is 2.12. The van der Waals surface area contributed by atoms with E-state index in [9.17, 15) is 0 Å². The van der Waals surface area contributed by atoms with Crippen LogP contribution in [0.5, 0.6) is 0 Å². The molecule has 0 bridgehead atoms. The highest BCUT2D eigenvalue weighted by molar-refractivity contribution is 5.09. The largest absolute Gasteiger partial charge is 0.465 e. The van der Waals surface area contributed by atoms with Crippen LogP contribution in [0.1, 0.15) is 37.8 Å². The van der Waals surface area contributed by atoms with Crippen LogP contribution < -0.4 is 5.32 Å². The van der Waals surface area contributed by atoms with Crippen molar-refractivity contribution >= 4 is 0 Å². The van der Waals surface area contributed by atoms with Gasteiger partial charge in [0.15, 0.2) is 0 Å². The molecule has 1 heterocycles. The minimum Gasteiger partial charge on any atom is -0.465 e. The van der Waals surface area contributed by atoms with Crippen molar-refractivity contribution in [2.45, 2.75) is 39.3 Å². The van der Waals surface area contributed by atoms with Crippen molar-refractivity contribution in [2.75, 3.05) is 20.6 Å². The molecule has 0 spiro atoms. The first kappa shape index (κ1) is 13.3. The van der Waals surface area contributed by atoms with E-state index < -0.39 is 0 Å². The van der Waals surface area contributed by atoms with Gasteiger partial charge in [-0.05, 0) is 60.0 Å². The van der Waals surface area contributed by atoms with E-state index in [0.717, 1.165) is 24.5 Å². The second kappa shape index (κ2) is 6.06. The molecule has 1 rings (SSSR count). The van der Waals surface area contributed by atoms with Crippen LogP contribution in [-0.2, 0) is 0 Å². The molecule has 0 radical (unpaired) electrons. The Morgan fingerprint density at radius 2 is 2.00 bits per heavy atom. The number of rotatable bonds is 6. The Morgan fingerprint density at radius 3 is 2.50 bits per heavy atom. The molecule has 0 saturated heterocycles. The van der Waals surface area contributed by atoms with Gasteiger partial charge in [-0.2, -0.15) is 0 Å². The Labute approximate surface area is 98.8 Å². The molecule has 1 N–H and O–H groups in total. The van der Waals surface area contributed by atoms with Crippen LogP contribution in [0, 0.1) is 6.92 Å². The van der Waals surface area contributed by atoms with Crippen LogP contribution in [0.3, 0.4) is 0 Å². The topological polar surface area (TPSA) is 28.4 Å². The fourth-order valence-electron chi connectivity index (χ4n) is 1.73. The summed E-state index contributed by atoms with van der Waals surface area (Å²) in [6, 6.07) is 4.84. The first-order valence-electron chi connectivity index (χ1n) is 5.96. The number of nitrogens with one attached hydrogen (secondary N) is 1. The summed E-state index contributed by atoms with van der Waals surface area (Å²) in [5, 5.41) is 3.54. The van der Waals surface area contributed by atoms with Crippen molar-refractivity contribution in [2.24, 2.45) is 0 Å². The summed E-state index contributed by atoms with van der Waals surface area (Å²) in [4.78, 5) is 2.21. The zero-order valence-corrected chi connectivity index (χ0v) is 11.1. The Hall–Kier alpha value is -0.800. The average molecular weight is 224 g/mol. The number of hydrogen-bond acceptors (Lipinski definition) is 3. The lowest BCUT2D eigenvalue weighted by atomic mass is 10.2. The van der Waals surface area contributed by atoms with E-state index in [-0.39, 0.29) is 6.04 Å². The first-order valence-corrected chi connectivity index (χ1v) is 5.96. The Morgan fingerprint density at radius 1 is 1.31 bits per heavy atom. The van der Waals surface area contributed by atoms with Crippen LogP contribution in [-0.4, -0.2) is 31.6 Å². The van der Waals surface area contributed by atoms with Crippen molar-refractivity contribution in [3.05, 3.63) is 23.7 Å².